The van der Waals surface area contributed by atoms with Crippen LogP contribution in [0.1, 0.15) is 16.7 Å². The Labute approximate surface area is 117 Å². The largest absolute Gasteiger partial charge is 0.481 e. The van der Waals surface area contributed by atoms with E-state index in [4.69, 9.17) is 5.11 Å². The topological polar surface area (TPSA) is 86.7 Å². The van der Waals surface area contributed by atoms with Gasteiger partial charge in [0.05, 0.1) is 12.7 Å². The number of benzene rings is 1. The van der Waals surface area contributed by atoms with Gasteiger partial charge in [0, 0.05) is 13.1 Å². The Balaban J connectivity index is 0.00000180. The lowest BCUT2D eigenvalue weighted by molar-refractivity contribution is -0.136. The Morgan fingerprint density at radius 1 is 1.37 bits per heavy atom. The molecule has 0 radical (unpaired) electrons. The average molecular weight is 307 g/mol. The number of halogens is 1. The van der Waals surface area contributed by atoms with Gasteiger partial charge in [0.15, 0.2) is 0 Å². The van der Waals surface area contributed by atoms with Crippen LogP contribution in [0.2, 0.25) is 0 Å². The van der Waals surface area contributed by atoms with E-state index in [1.807, 2.05) is 12.1 Å². The molecule has 0 amide bonds. The Hall–Kier alpha value is -1.15. The van der Waals surface area contributed by atoms with Crippen molar-refractivity contribution < 1.29 is 18.3 Å². The number of carbonyl (C=O) groups is 1. The molecular weight excluding hydrogens is 292 g/mol. The Morgan fingerprint density at radius 3 is 2.58 bits per heavy atom. The van der Waals surface area contributed by atoms with E-state index < -0.39 is 16.0 Å². The lowest BCUT2D eigenvalue weighted by Gasteiger charge is -2.13. The first-order valence-corrected chi connectivity index (χ1v) is 7.27. The number of rotatable bonds is 4. The third kappa shape index (κ3) is 4.46. The fourth-order valence-electron chi connectivity index (χ4n) is 2.03. The number of nitrogens with one attached hydrogen (secondary N) is 1. The summed E-state index contributed by atoms with van der Waals surface area (Å²) < 4.78 is 22.2. The van der Waals surface area contributed by atoms with Crippen molar-refractivity contribution in [1.29, 1.82) is 0 Å². The van der Waals surface area contributed by atoms with Gasteiger partial charge in [-0.1, -0.05) is 18.2 Å². The van der Waals surface area contributed by atoms with Crippen LogP contribution in [0.4, 0.5) is 0 Å². The van der Waals surface area contributed by atoms with E-state index in [2.05, 4.69) is 4.83 Å². The van der Waals surface area contributed by atoms with Gasteiger partial charge in [-0.15, -0.1) is 17.2 Å². The summed E-state index contributed by atoms with van der Waals surface area (Å²) in [6.45, 7) is 0.950. The third-order valence-electron chi connectivity index (χ3n) is 2.64. The highest BCUT2D eigenvalue weighted by Gasteiger charge is 2.21. The molecular formula is C11H15ClN2O4S. The molecule has 0 aliphatic carbocycles. The number of carboxylic acid groups (broad SMARTS) is 1. The molecule has 19 heavy (non-hydrogen) atoms. The fourth-order valence-corrected chi connectivity index (χ4v) is 2.63. The number of hydrogen-bond acceptors (Lipinski definition) is 4. The third-order valence-corrected chi connectivity index (χ3v) is 3.23. The van der Waals surface area contributed by atoms with E-state index in [1.54, 1.807) is 11.1 Å². The SMILES string of the molecule is CS(=O)(=O)NN1Cc2ccc(CC(=O)O)cc2C1.Cl. The molecule has 0 saturated carbocycles. The minimum atomic E-state index is -3.27. The first-order chi connectivity index (χ1) is 8.33. The second-order valence-electron chi connectivity index (χ2n) is 4.39. The molecule has 0 atom stereocenters. The van der Waals surface area contributed by atoms with Gasteiger partial charge in [-0.2, -0.15) is 0 Å². The predicted molar refractivity (Wildman–Crippen MR) is 72.3 cm³/mol. The van der Waals surface area contributed by atoms with E-state index >= 15 is 0 Å². The lowest BCUT2D eigenvalue weighted by atomic mass is 10.0. The summed E-state index contributed by atoms with van der Waals surface area (Å²) in [4.78, 5) is 13.0. The summed E-state index contributed by atoms with van der Waals surface area (Å²) in [6, 6.07) is 5.42. The zero-order valence-corrected chi connectivity index (χ0v) is 11.9. The van der Waals surface area contributed by atoms with Gasteiger partial charge in [-0.05, 0) is 16.7 Å². The molecule has 1 aliphatic heterocycles. The molecule has 0 aromatic heterocycles. The van der Waals surface area contributed by atoms with E-state index in [0.29, 0.717) is 13.1 Å². The molecule has 0 fully saturated rings. The predicted octanol–water partition coefficient (Wildman–Crippen LogP) is 0.515. The molecule has 1 heterocycles. The number of hydrogen-bond donors (Lipinski definition) is 2. The summed E-state index contributed by atoms with van der Waals surface area (Å²) in [7, 11) is -3.27. The highest BCUT2D eigenvalue weighted by atomic mass is 35.5. The quantitative estimate of drug-likeness (QED) is 0.846. The zero-order chi connectivity index (χ0) is 13.3. The maximum atomic E-state index is 11.1. The van der Waals surface area contributed by atoms with Gasteiger partial charge >= 0.3 is 5.97 Å². The van der Waals surface area contributed by atoms with Crippen LogP contribution in [0.15, 0.2) is 18.2 Å². The molecule has 2 N–H and O–H groups in total. The van der Waals surface area contributed by atoms with Crippen molar-refractivity contribution in [3.8, 4) is 0 Å². The number of hydrazine groups is 1. The number of carboxylic acids is 1. The monoisotopic (exact) mass is 306 g/mol. The second kappa shape index (κ2) is 5.87. The van der Waals surface area contributed by atoms with Crippen molar-refractivity contribution in [2.75, 3.05) is 6.26 Å². The molecule has 0 saturated heterocycles. The van der Waals surface area contributed by atoms with E-state index in [0.717, 1.165) is 22.9 Å². The van der Waals surface area contributed by atoms with Gasteiger partial charge in [0.1, 0.15) is 0 Å². The molecule has 2 rings (SSSR count). The van der Waals surface area contributed by atoms with Crippen molar-refractivity contribution in [1.82, 2.24) is 9.84 Å². The van der Waals surface area contributed by atoms with Crippen molar-refractivity contribution >= 4 is 28.4 Å². The minimum absolute atomic E-state index is 0. The Kier molecular flexibility index (Phi) is 4.92. The van der Waals surface area contributed by atoms with Crippen molar-refractivity contribution in [3.05, 3.63) is 34.9 Å². The van der Waals surface area contributed by atoms with Crippen LogP contribution in [0, 0.1) is 0 Å². The van der Waals surface area contributed by atoms with Crippen molar-refractivity contribution in [3.63, 3.8) is 0 Å². The maximum Gasteiger partial charge on any atom is 0.307 e. The van der Waals surface area contributed by atoms with Gasteiger partial charge in [0.2, 0.25) is 10.0 Å². The Morgan fingerprint density at radius 2 is 2.00 bits per heavy atom. The van der Waals surface area contributed by atoms with Crippen LogP contribution in [-0.4, -0.2) is 30.8 Å². The lowest BCUT2D eigenvalue weighted by Crippen LogP contribution is -2.37. The normalized spacial score (nSPS) is 14.8. The van der Waals surface area contributed by atoms with Crippen LogP contribution < -0.4 is 4.83 Å². The van der Waals surface area contributed by atoms with Crippen LogP contribution in [0.25, 0.3) is 0 Å². The summed E-state index contributed by atoms with van der Waals surface area (Å²) in [5, 5.41) is 10.3. The molecule has 1 aromatic carbocycles. The molecule has 1 aliphatic rings. The molecule has 0 spiro atoms. The highest BCUT2D eigenvalue weighted by Crippen LogP contribution is 2.22. The van der Waals surface area contributed by atoms with Crippen molar-refractivity contribution in [2.24, 2.45) is 0 Å². The minimum Gasteiger partial charge on any atom is -0.481 e. The molecule has 0 unspecified atom stereocenters. The molecule has 0 bridgehead atoms. The number of aliphatic carboxylic acids is 1. The first kappa shape index (κ1) is 15.9. The van der Waals surface area contributed by atoms with Crippen LogP contribution >= 0.6 is 12.4 Å². The van der Waals surface area contributed by atoms with Gasteiger partial charge in [-0.25, -0.2) is 13.4 Å². The summed E-state index contributed by atoms with van der Waals surface area (Å²) in [5.74, 6) is -0.876. The van der Waals surface area contributed by atoms with E-state index in [9.17, 15) is 13.2 Å². The van der Waals surface area contributed by atoms with Crippen LogP contribution in [0.5, 0.6) is 0 Å². The summed E-state index contributed by atoms with van der Waals surface area (Å²) in [6.07, 6.45) is 1.08. The zero-order valence-electron chi connectivity index (χ0n) is 10.3. The highest BCUT2D eigenvalue weighted by molar-refractivity contribution is 7.88. The summed E-state index contributed by atoms with van der Waals surface area (Å²) in [5.41, 5.74) is 2.70. The first-order valence-electron chi connectivity index (χ1n) is 5.38. The maximum absolute atomic E-state index is 11.1. The number of sulfonamides is 1. The second-order valence-corrected chi connectivity index (χ2v) is 6.12. The molecule has 8 heteroatoms. The smallest absolute Gasteiger partial charge is 0.307 e. The number of nitrogens with zero attached hydrogens (tertiary/aromatic N) is 1. The molecule has 1 aromatic rings. The van der Waals surface area contributed by atoms with Gasteiger partial charge in [-0.3, -0.25) is 4.79 Å². The van der Waals surface area contributed by atoms with Gasteiger partial charge < -0.3 is 5.11 Å². The molecule has 106 valence electrons. The number of fused-ring (bicyclic) bond motifs is 1. The average Bonchev–Trinajstić information content (AvgIpc) is 2.54. The molecule has 6 nitrogen and oxygen atoms in total. The standard InChI is InChI=1S/C11H14N2O4S.ClH/c1-18(16,17)12-13-6-9-3-2-8(5-11(14)15)4-10(9)7-13;/h2-4,12H,5-7H2,1H3,(H,14,15);1H. The van der Waals surface area contributed by atoms with Gasteiger partial charge in [0.25, 0.3) is 0 Å². The van der Waals surface area contributed by atoms with E-state index in [1.165, 1.54) is 0 Å². The van der Waals surface area contributed by atoms with E-state index in [-0.39, 0.29) is 18.8 Å². The van der Waals surface area contributed by atoms with Crippen LogP contribution in [-0.2, 0) is 34.3 Å². The fraction of sp³-hybridized carbons (Fsp3) is 0.364. The Bertz CT molecular complexity index is 588. The summed E-state index contributed by atoms with van der Waals surface area (Å²) >= 11 is 0. The van der Waals surface area contributed by atoms with Crippen LogP contribution in [0.3, 0.4) is 0 Å². The van der Waals surface area contributed by atoms with Crippen molar-refractivity contribution in [2.45, 2.75) is 19.5 Å².